The topological polar surface area (TPSA) is 87.9 Å². The lowest BCUT2D eigenvalue weighted by molar-refractivity contribution is 0.302. The van der Waals surface area contributed by atoms with Gasteiger partial charge >= 0.3 is 0 Å². The molecule has 1 aliphatic rings. The summed E-state index contributed by atoms with van der Waals surface area (Å²) < 4.78 is 5.24. The van der Waals surface area contributed by atoms with Crippen molar-refractivity contribution in [2.24, 2.45) is 0 Å². The van der Waals surface area contributed by atoms with E-state index in [1.54, 1.807) is 6.07 Å². The second-order valence-electron chi connectivity index (χ2n) is 5.44. The van der Waals surface area contributed by atoms with E-state index in [0.29, 0.717) is 18.3 Å². The van der Waals surface area contributed by atoms with Crippen molar-refractivity contribution in [2.45, 2.75) is 39.2 Å². The number of hydrogen-bond donors (Lipinski definition) is 1. The summed E-state index contributed by atoms with van der Waals surface area (Å²) in [4.78, 5) is 25.4. The van der Waals surface area contributed by atoms with Crippen LogP contribution in [0.2, 0.25) is 0 Å². The zero-order valence-electron chi connectivity index (χ0n) is 12.3. The molecule has 0 spiro atoms. The molecule has 1 aliphatic heterocycles. The molecule has 0 amide bonds. The van der Waals surface area contributed by atoms with Gasteiger partial charge in [-0.15, -0.1) is 0 Å². The molecule has 7 nitrogen and oxygen atoms in total. The molecule has 2 aromatic heterocycles. The summed E-state index contributed by atoms with van der Waals surface area (Å²) in [6.07, 6.45) is 1.75. The summed E-state index contributed by atoms with van der Waals surface area (Å²) in [5, 5.41) is 3.84. The minimum Gasteiger partial charge on any atom is -0.339 e. The Bertz CT molecular complexity index is 678. The third-order valence-corrected chi connectivity index (χ3v) is 3.74. The molecule has 1 saturated heterocycles. The Labute approximate surface area is 122 Å². The zero-order chi connectivity index (χ0) is 14.8. The Morgan fingerprint density at radius 3 is 3.05 bits per heavy atom. The first-order valence-electron chi connectivity index (χ1n) is 7.25. The molecule has 1 N–H and O–H groups in total. The average molecular weight is 289 g/mol. The number of aromatic nitrogens is 4. The number of H-pyrrole nitrogens is 1. The van der Waals surface area contributed by atoms with Crippen molar-refractivity contribution in [2.75, 3.05) is 13.1 Å². The van der Waals surface area contributed by atoms with E-state index in [1.807, 2.05) is 13.8 Å². The predicted molar refractivity (Wildman–Crippen MR) is 75.9 cm³/mol. The molecule has 21 heavy (non-hydrogen) atoms. The van der Waals surface area contributed by atoms with Crippen LogP contribution < -0.4 is 5.56 Å². The maximum atomic E-state index is 11.6. The zero-order valence-corrected chi connectivity index (χ0v) is 12.3. The van der Waals surface area contributed by atoms with Gasteiger partial charge in [-0.25, -0.2) is 4.98 Å². The monoisotopic (exact) mass is 289 g/mol. The lowest BCUT2D eigenvalue weighted by Crippen LogP contribution is -2.24. The highest BCUT2D eigenvalue weighted by molar-refractivity contribution is 5.04. The molecule has 2 aromatic rings. The van der Waals surface area contributed by atoms with E-state index < -0.39 is 0 Å². The second-order valence-corrected chi connectivity index (χ2v) is 5.44. The van der Waals surface area contributed by atoms with E-state index in [1.165, 1.54) is 0 Å². The summed E-state index contributed by atoms with van der Waals surface area (Å²) in [5.41, 5.74) is 0.747. The Kier molecular flexibility index (Phi) is 3.83. The number of nitrogens with one attached hydrogen (secondary N) is 1. The summed E-state index contributed by atoms with van der Waals surface area (Å²) in [5.74, 6) is 2.37. The molecule has 0 bridgehead atoms. The van der Waals surface area contributed by atoms with Crippen LogP contribution in [-0.2, 0) is 13.0 Å². The van der Waals surface area contributed by atoms with Crippen LogP contribution in [0.4, 0.5) is 0 Å². The molecular formula is C14H19N5O2. The lowest BCUT2D eigenvalue weighted by atomic mass is 10.1. The number of aromatic amines is 1. The fourth-order valence-corrected chi connectivity index (χ4v) is 2.69. The normalized spacial score (nSPS) is 19.2. The van der Waals surface area contributed by atoms with Crippen molar-refractivity contribution in [3.05, 3.63) is 39.7 Å². The van der Waals surface area contributed by atoms with E-state index >= 15 is 0 Å². The summed E-state index contributed by atoms with van der Waals surface area (Å²) in [7, 11) is 0. The highest BCUT2D eigenvalue weighted by atomic mass is 16.5. The Balaban J connectivity index is 1.67. The molecule has 112 valence electrons. The maximum Gasteiger partial charge on any atom is 0.251 e. The fraction of sp³-hybridized carbons (Fsp3) is 0.571. The highest BCUT2D eigenvalue weighted by Crippen LogP contribution is 2.26. The third-order valence-electron chi connectivity index (χ3n) is 3.74. The van der Waals surface area contributed by atoms with Gasteiger partial charge in [0.05, 0.1) is 12.5 Å². The number of hydrogen-bond acceptors (Lipinski definition) is 6. The van der Waals surface area contributed by atoms with Gasteiger partial charge in [0.15, 0.2) is 5.82 Å². The molecule has 0 aromatic carbocycles. The van der Waals surface area contributed by atoms with Crippen molar-refractivity contribution in [3.8, 4) is 0 Å². The smallest absolute Gasteiger partial charge is 0.251 e. The largest absolute Gasteiger partial charge is 0.339 e. The molecule has 0 unspecified atom stereocenters. The SMILES string of the molecule is CCc1cc(=O)[nH]c(CN2CC[C@H](c3nc(C)no3)C2)n1. The van der Waals surface area contributed by atoms with Crippen molar-refractivity contribution >= 4 is 0 Å². The quantitative estimate of drug-likeness (QED) is 0.904. The lowest BCUT2D eigenvalue weighted by Gasteiger charge is -2.14. The van der Waals surface area contributed by atoms with E-state index in [0.717, 1.165) is 37.4 Å². The van der Waals surface area contributed by atoms with Gasteiger partial charge in [-0.2, -0.15) is 4.98 Å². The van der Waals surface area contributed by atoms with Crippen LogP contribution in [0.5, 0.6) is 0 Å². The first-order chi connectivity index (χ1) is 10.1. The average Bonchev–Trinajstić information content (AvgIpc) is 3.07. The van der Waals surface area contributed by atoms with Gasteiger partial charge in [0.2, 0.25) is 5.89 Å². The van der Waals surface area contributed by atoms with E-state index in [4.69, 9.17) is 4.52 Å². The first-order valence-corrected chi connectivity index (χ1v) is 7.25. The molecule has 0 aliphatic carbocycles. The molecule has 0 saturated carbocycles. The second kappa shape index (κ2) is 5.77. The summed E-state index contributed by atoms with van der Waals surface area (Å²) >= 11 is 0. The van der Waals surface area contributed by atoms with Crippen LogP contribution in [0.1, 0.15) is 42.5 Å². The third kappa shape index (κ3) is 3.18. The summed E-state index contributed by atoms with van der Waals surface area (Å²) in [6.45, 7) is 6.25. The number of nitrogens with zero attached hydrogens (tertiary/aromatic N) is 4. The van der Waals surface area contributed by atoms with Crippen LogP contribution in [0.3, 0.4) is 0 Å². The fourth-order valence-electron chi connectivity index (χ4n) is 2.69. The van der Waals surface area contributed by atoms with Crippen molar-refractivity contribution in [1.82, 2.24) is 25.0 Å². The Morgan fingerprint density at radius 1 is 1.48 bits per heavy atom. The molecule has 7 heteroatoms. The molecule has 0 radical (unpaired) electrons. The number of rotatable bonds is 4. The molecular weight excluding hydrogens is 270 g/mol. The van der Waals surface area contributed by atoms with Gasteiger partial charge in [-0.05, 0) is 26.3 Å². The van der Waals surface area contributed by atoms with Gasteiger partial charge in [0.1, 0.15) is 5.82 Å². The van der Waals surface area contributed by atoms with Crippen LogP contribution in [0.25, 0.3) is 0 Å². The van der Waals surface area contributed by atoms with E-state index in [-0.39, 0.29) is 11.5 Å². The van der Waals surface area contributed by atoms with Gasteiger partial charge in [0.25, 0.3) is 5.56 Å². The van der Waals surface area contributed by atoms with Crippen molar-refractivity contribution in [1.29, 1.82) is 0 Å². The number of aryl methyl sites for hydroxylation is 2. The Morgan fingerprint density at radius 2 is 2.33 bits per heavy atom. The predicted octanol–water partition coefficient (Wildman–Crippen LogP) is 1.01. The van der Waals surface area contributed by atoms with Crippen molar-refractivity contribution < 1.29 is 4.52 Å². The highest BCUT2D eigenvalue weighted by Gasteiger charge is 2.28. The standard InChI is InChI=1S/C14H19N5O2/c1-3-11-6-13(20)17-12(16-11)8-19-5-4-10(7-19)14-15-9(2)18-21-14/h6,10H,3-5,7-8H2,1-2H3,(H,16,17,20)/t10-/m0/s1. The van der Waals surface area contributed by atoms with Gasteiger partial charge in [0, 0.05) is 18.3 Å². The van der Waals surface area contributed by atoms with Crippen LogP contribution in [-0.4, -0.2) is 38.1 Å². The van der Waals surface area contributed by atoms with E-state index in [2.05, 4.69) is 25.0 Å². The van der Waals surface area contributed by atoms with Crippen LogP contribution in [0, 0.1) is 6.92 Å². The van der Waals surface area contributed by atoms with Crippen LogP contribution >= 0.6 is 0 Å². The van der Waals surface area contributed by atoms with Crippen LogP contribution in [0.15, 0.2) is 15.4 Å². The minimum atomic E-state index is -0.0832. The van der Waals surface area contributed by atoms with Gasteiger partial charge in [-0.1, -0.05) is 12.1 Å². The molecule has 1 fully saturated rings. The molecule has 3 heterocycles. The number of likely N-dealkylation sites (tertiary alicyclic amines) is 1. The van der Waals surface area contributed by atoms with Gasteiger partial charge in [-0.3, -0.25) is 9.69 Å². The molecule has 3 rings (SSSR count). The Hall–Kier alpha value is -2.02. The summed E-state index contributed by atoms with van der Waals surface area (Å²) in [6, 6.07) is 1.55. The minimum absolute atomic E-state index is 0.0832. The first kappa shape index (κ1) is 13.9. The van der Waals surface area contributed by atoms with E-state index in [9.17, 15) is 4.79 Å². The van der Waals surface area contributed by atoms with Gasteiger partial charge < -0.3 is 9.51 Å². The van der Waals surface area contributed by atoms with Crippen molar-refractivity contribution in [3.63, 3.8) is 0 Å². The maximum absolute atomic E-state index is 11.6. The molecule has 1 atom stereocenters.